The Labute approximate surface area is 198 Å². The molecule has 0 aliphatic carbocycles. The first kappa shape index (κ1) is 21.1. The number of carbonyl (C=O) groups is 1. The summed E-state index contributed by atoms with van der Waals surface area (Å²) in [6.45, 7) is 0.704. The summed E-state index contributed by atoms with van der Waals surface area (Å²) >= 11 is 0. The van der Waals surface area contributed by atoms with Crippen molar-refractivity contribution in [2.75, 3.05) is 25.3 Å². The molecule has 2 N–H and O–H groups in total. The minimum Gasteiger partial charge on any atom is -0.454 e. The zero-order chi connectivity index (χ0) is 23.8. The second kappa shape index (κ2) is 8.75. The number of rotatable bonds is 5. The molecule has 0 bridgehead atoms. The van der Waals surface area contributed by atoms with Gasteiger partial charge in [-0.25, -0.2) is 4.79 Å². The fourth-order valence-electron chi connectivity index (χ4n) is 4.32. The van der Waals surface area contributed by atoms with Gasteiger partial charge in [0, 0.05) is 11.8 Å². The molecule has 0 spiro atoms. The topological polar surface area (TPSA) is 155 Å². The number of hydrogen-bond donors (Lipinski definition) is 2. The van der Waals surface area contributed by atoms with Gasteiger partial charge >= 0.3 is 12.0 Å². The number of benzene rings is 2. The number of carbonyl (C=O) groups excluding carboxylic acids is 1. The largest absolute Gasteiger partial charge is 0.454 e. The molecule has 178 valence electrons. The van der Waals surface area contributed by atoms with E-state index in [0.29, 0.717) is 28.5 Å². The molecule has 0 unspecified atom stereocenters. The molecule has 4 heterocycles. The quantitative estimate of drug-likeness (QED) is 0.553. The van der Waals surface area contributed by atoms with Crippen molar-refractivity contribution in [2.24, 2.45) is 0 Å². The number of nitrogens with one attached hydrogen (secondary N) is 2. The summed E-state index contributed by atoms with van der Waals surface area (Å²) in [5.74, 6) is 1.71. The van der Waals surface area contributed by atoms with Gasteiger partial charge in [0.05, 0.1) is 30.9 Å². The molecular formula is C22H19N7O6. The molecule has 4 atom stereocenters. The van der Waals surface area contributed by atoms with E-state index >= 15 is 0 Å². The van der Waals surface area contributed by atoms with E-state index in [1.165, 1.54) is 4.68 Å². The molecule has 0 radical (unpaired) electrons. The Kier molecular flexibility index (Phi) is 5.28. The number of amides is 2. The highest BCUT2D eigenvalue weighted by atomic mass is 16.7. The molecule has 2 saturated heterocycles. The van der Waals surface area contributed by atoms with Crippen LogP contribution in [-0.4, -0.2) is 64.5 Å². The summed E-state index contributed by atoms with van der Waals surface area (Å²) in [6.07, 6.45) is -0.774. The van der Waals surface area contributed by atoms with Crippen molar-refractivity contribution < 1.29 is 28.5 Å². The number of fused-ring (bicyclic) bond motifs is 2. The number of aromatic nitrogens is 4. The first-order valence-corrected chi connectivity index (χ1v) is 10.8. The van der Waals surface area contributed by atoms with Crippen molar-refractivity contribution in [2.45, 2.75) is 24.3 Å². The van der Waals surface area contributed by atoms with Gasteiger partial charge in [-0.2, -0.15) is 9.94 Å². The van der Waals surface area contributed by atoms with Crippen LogP contribution in [-0.2, 0) is 9.47 Å². The Morgan fingerprint density at radius 3 is 2.91 bits per heavy atom. The molecule has 35 heavy (non-hydrogen) atoms. The van der Waals surface area contributed by atoms with Crippen molar-refractivity contribution in [1.82, 2.24) is 25.5 Å². The maximum Gasteiger partial charge on any atom is 0.341 e. The highest BCUT2D eigenvalue weighted by molar-refractivity contribution is 5.89. The fraction of sp³-hybridized carbons (Fsp3) is 0.318. The smallest absolute Gasteiger partial charge is 0.341 e. The zero-order valence-corrected chi connectivity index (χ0v) is 18.2. The van der Waals surface area contributed by atoms with E-state index in [1.807, 2.05) is 6.07 Å². The predicted octanol–water partition coefficient (Wildman–Crippen LogP) is 1.59. The summed E-state index contributed by atoms with van der Waals surface area (Å²) in [4.78, 5) is 12.5. The van der Waals surface area contributed by atoms with Gasteiger partial charge in [-0.1, -0.05) is 11.2 Å². The van der Waals surface area contributed by atoms with Crippen LogP contribution in [0.1, 0.15) is 11.6 Å². The summed E-state index contributed by atoms with van der Waals surface area (Å²) < 4.78 is 30.0. The van der Waals surface area contributed by atoms with Gasteiger partial charge in [0.1, 0.15) is 24.0 Å². The van der Waals surface area contributed by atoms with E-state index in [9.17, 15) is 4.79 Å². The lowest BCUT2D eigenvalue weighted by Crippen LogP contribution is -2.45. The van der Waals surface area contributed by atoms with E-state index < -0.39 is 12.1 Å². The van der Waals surface area contributed by atoms with Gasteiger partial charge in [-0.05, 0) is 40.8 Å². The van der Waals surface area contributed by atoms with Crippen molar-refractivity contribution in [3.05, 3.63) is 48.0 Å². The summed E-state index contributed by atoms with van der Waals surface area (Å²) in [7, 11) is 0. The number of nitrogens with zero attached hydrogens (tertiary/aromatic N) is 5. The van der Waals surface area contributed by atoms with Crippen LogP contribution in [0.3, 0.4) is 0 Å². The van der Waals surface area contributed by atoms with Crippen LogP contribution in [0.5, 0.6) is 23.3 Å². The number of urea groups is 1. The molecule has 13 nitrogen and oxygen atoms in total. The molecule has 0 saturated carbocycles. The number of anilines is 1. The molecule has 3 aromatic rings. The van der Waals surface area contributed by atoms with E-state index in [0.717, 1.165) is 0 Å². The number of nitriles is 1. The molecule has 1 aromatic heterocycles. The standard InChI is InChI=1S/C22H19N7O6/c23-8-12-2-1-3-13(6-12)24-21(30)25-15-9-31-20-16(10-32-19(15)20)29-22(26-27-28-29)35-14-4-5-17-18(7-14)34-11-33-17/h1-7,15-16,19-20H,9-11H2,(H2,24,25,30)/t15-,16-,19+,20+/m0/s1. The number of tetrazole rings is 1. The van der Waals surface area contributed by atoms with E-state index in [4.69, 9.17) is 28.9 Å². The normalized spacial score (nSPS) is 24.0. The maximum atomic E-state index is 12.5. The summed E-state index contributed by atoms with van der Waals surface area (Å²) in [5, 5.41) is 26.4. The third-order valence-electron chi connectivity index (χ3n) is 5.92. The molecular weight excluding hydrogens is 458 g/mol. The Morgan fingerprint density at radius 2 is 2.00 bits per heavy atom. The maximum absolute atomic E-state index is 12.5. The Bertz CT molecular complexity index is 1310. The second-order valence-corrected chi connectivity index (χ2v) is 8.08. The Morgan fingerprint density at radius 1 is 1.11 bits per heavy atom. The van der Waals surface area contributed by atoms with Crippen LogP contribution < -0.4 is 24.8 Å². The van der Waals surface area contributed by atoms with E-state index in [-0.39, 0.29) is 44.2 Å². The average Bonchev–Trinajstić information content (AvgIpc) is 3.65. The highest BCUT2D eigenvalue weighted by Crippen LogP contribution is 2.38. The third-order valence-corrected chi connectivity index (χ3v) is 5.92. The molecule has 2 amide bonds. The van der Waals surface area contributed by atoms with Crippen molar-refractivity contribution in [3.63, 3.8) is 0 Å². The predicted molar refractivity (Wildman–Crippen MR) is 116 cm³/mol. The van der Waals surface area contributed by atoms with Gasteiger partial charge in [0.15, 0.2) is 11.5 Å². The molecule has 3 aliphatic heterocycles. The summed E-state index contributed by atoms with van der Waals surface area (Å²) in [5.41, 5.74) is 0.968. The zero-order valence-electron chi connectivity index (χ0n) is 18.2. The van der Waals surface area contributed by atoms with Crippen LogP contribution in [0.25, 0.3) is 0 Å². The fourth-order valence-corrected chi connectivity index (χ4v) is 4.32. The molecule has 2 aromatic carbocycles. The van der Waals surface area contributed by atoms with Crippen LogP contribution in [0.2, 0.25) is 0 Å². The monoisotopic (exact) mass is 477 g/mol. The Hall–Kier alpha value is -4.41. The second-order valence-electron chi connectivity index (χ2n) is 8.08. The van der Waals surface area contributed by atoms with Gasteiger partial charge in [-0.3, -0.25) is 0 Å². The van der Waals surface area contributed by atoms with Crippen molar-refractivity contribution >= 4 is 11.7 Å². The van der Waals surface area contributed by atoms with Crippen LogP contribution in [0.4, 0.5) is 10.5 Å². The molecule has 13 heteroatoms. The minimum absolute atomic E-state index is 0.163. The lowest BCUT2D eigenvalue weighted by atomic mass is 10.1. The average molecular weight is 477 g/mol. The third kappa shape index (κ3) is 4.05. The highest BCUT2D eigenvalue weighted by Gasteiger charge is 2.50. The first-order valence-electron chi connectivity index (χ1n) is 10.8. The Balaban J connectivity index is 1.11. The van der Waals surface area contributed by atoms with E-state index in [1.54, 1.807) is 42.5 Å². The van der Waals surface area contributed by atoms with Gasteiger partial charge in [-0.15, -0.1) is 0 Å². The molecule has 3 aliphatic rings. The van der Waals surface area contributed by atoms with Gasteiger partial charge in [0.2, 0.25) is 6.79 Å². The lowest BCUT2D eigenvalue weighted by molar-refractivity contribution is 0.0613. The van der Waals surface area contributed by atoms with E-state index in [2.05, 4.69) is 26.2 Å². The van der Waals surface area contributed by atoms with Crippen molar-refractivity contribution in [3.8, 4) is 29.3 Å². The van der Waals surface area contributed by atoms with Gasteiger partial charge < -0.3 is 34.3 Å². The van der Waals surface area contributed by atoms with Crippen LogP contribution in [0.15, 0.2) is 42.5 Å². The van der Waals surface area contributed by atoms with Crippen LogP contribution >= 0.6 is 0 Å². The number of ether oxygens (including phenoxy) is 5. The summed E-state index contributed by atoms with van der Waals surface area (Å²) in [6, 6.07) is 12.9. The number of hydrogen-bond acceptors (Lipinski definition) is 10. The SMILES string of the molecule is N#Cc1cccc(NC(=O)N[C@H]2CO[C@H]3[C@@H]2OC[C@@H]3n2nnnc2Oc2ccc3c(c2)OCO3)c1. The minimum atomic E-state index is -0.421. The lowest BCUT2D eigenvalue weighted by Gasteiger charge is -2.18. The molecule has 6 rings (SSSR count). The molecule has 2 fully saturated rings. The van der Waals surface area contributed by atoms with Gasteiger partial charge in [0.25, 0.3) is 0 Å². The van der Waals surface area contributed by atoms with Crippen LogP contribution in [0, 0.1) is 11.3 Å². The van der Waals surface area contributed by atoms with Crippen molar-refractivity contribution in [1.29, 1.82) is 5.26 Å². The first-order chi connectivity index (χ1) is 17.2.